The average Bonchev–Trinajstić information content (AvgIpc) is 3.28. The van der Waals surface area contributed by atoms with Gasteiger partial charge in [-0.2, -0.15) is 4.68 Å². The molecule has 0 atom stereocenters. The first-order valence-electron chi connectivity index (χ1n) is 11.4. The van der Waals surface area contributed by atoms with Crippen LogP contribution in [0.15, 0.2) is 30.5 Å². The normalized spacial score (nSPS) is 17.6. The fourth-order valence-corrected chi connectivity index (χ4v) is 4.66. The van der Waals surface area contributed by atoms with E-state index >= 15 is 0 Å². The fraction of sp³-hybridized carbons (Fsp3) is 0.478. The summed E-state index contributed by atoms with van der Waals surface area (Å²) in [7, 11) is 0. The summed E-state index contributed by atoms with van der Waals surface area (Å²) in [6, 6.07) is 7.25. The minimum absolute atomic E-state index is 0.218. The minimum atomic E-state index is -0.722. The number of piperidine rings is 1. The summed E-state index contributed by atoms with van der Waals surface area (Å²) < 4.78 is 1.25. The van der Waals surface area contributed by atoms with Crippen LogP contribution in [-0.4, -0.2) is 81.9 Å². The summed E-state index contributed by atoms with van der Waals surface area (Å²) in [5.41, 5.74) is 2.20. The van der Waals surface area contributed by atoms with E-state index in [0.29, 0.717) is 63.0 Å². The Balaban J connectivity index is 1.35. The molecule has 1 aromatic heterocycles. The second-order valence-electron chi connectivity index (χ2n) is 8.75. The van der Waals surface area contributed by atoms with Crippen molar-refractivity contribution in [2.24, 2.45) is 5.92 Å². The highest BCUT2D eigenvalue weighted by Gasteiger charge is 2.27. The number of amides is 2. The molecule has 2 N–H and O–H groups in total. The predicted molar refractivity (Wildman–Crippen MR) is 128 cm³/mol. The molecule has 0 radical (unpaired) electrons. The first-order valence-corrected chi connectivity index (χ1v) is 11.8. The van der Waals surface area contributed by atoms with Crippen LogP contribution in [0.3, 0.4) is 0 Å². The van der Waals surface area contributed by atoms with Crippen LogP contribution in [0.2, 0.25) is 5.02 Å². The van der Waals surface area contributed by atoms with E-state index in [9.17, 15) is 19.5 Å². The summed E-state index contributed by atoms with van der Waals surface area (Å²) in [5, 5.41) is 16.6. The van der Waals surface area contributed by atoms with Gasteiger partial charge in [-0.3, -0.25) is 14.5 Å². The van der Waals surface area contributed by atoms with Gasteiger partial charge < -0.3 is 20.2 Å². The molecule has 2 saturated heterocycles. The molecule has 0 saturated carbocycles. The van der Waals surface area contributed by atoms with Crippen molar-refractivity contribution in [3.63, 3.8) is 0 Å². The SMILES string of the molecule is CC(=O)Nc1ccn(C(=O)N2CCN(Cc3ccc(Cl)cc3N3CCC(C(=O)O)CC3)CC2)n1. The number of rotatable bonds is 5. The molecular weight excluding hydrogens is 460 g/mol. The summed E-state index contributed by atoms with van der Waals surface area (Å²) in [6.07, 6.45) is 2.80. The Kier molecular flexibility index (Phi) is 7.38. The van der Waals surface area contributed by atoms with Gasteiger partial charge in [-0.05, 0) is 30.5 Å². The average molecular weight is 489 g/mol. The van der Waals surface area contributed by atoms with Gasteiger partial charge in [-0.25, -0.2) is 4.79 Å². The molecule has 0 bridgehead atoms. The lowest BCUT2D eigenvalue weighted by atomic mass is 9.96. The van der Waals surface area contributed by atoms with Gasteiger partial charge in [0, 0.05) is 75.7 Å². The lowest BCUT2D eigenvalue weighted by molar-refractivity contribution is -0.142. The van der Waals surface area contributed by atoms with Crippen LogP contribution in [0.25, 0.3) is 0 Å². The predicted octanol–water partition coefficient (Wildman–Crippen LogP) is 2.58. The van der Waals surface area contributed by atoms with E-state index in [2.05, 4.69) is 20.2 Å². The van der Waals surface area contributed by atoms with Crippen LogP contribution >= 0.6 is 11.6 Å². The lowest BCUT2D eigenvalue weighted by Gasteiger charge is -2.37. The number of anilines is 2. The van der Waals surface area contributed by atoms with Gasteiger partial charge in [0.2, 0.25) is 5.91 Å². The second-order valence-corrected chi connectivity index (χ2v) is 9.18. The van der Waals surface area contributed by atoms with Crippen LogP contribution < -0.4 is 10.2 Å². The Morgan fingerprint density at radius 3 is 2.44 bits per heavy atom. The van der Waals surface area contributed by atoms with E-state index in [1.807, 2.05) is 18.2 Å². The summed E-state index contributed by atoms with van der Waals surface area (Å²) >= 11 is 6.29. The molecule has 0 aliphatic carbocycles. The largest absolute Gasteiger partial charge is 0.481 e. The topological polar surface area (TPSA) is 111 Å². The van der Waals surface area contributed by atoms with E-state index in [-0.39, 0.29) is 17.9 Å². The fourth-order valence-electron chi connectivity index (χ4n) is 4.49. The van der Waals surface area contributed by atoms with Crippen molar-refractivity contribution in [3.8, 4) is 0 Å². The quantitative estimate of drug-likeness (QED) is 0.665. The molecule has 2 aromatic rings. The number of hydrogen-bond acceptors (Lipinski definition) is 6. The van der Waals surface area contributed by atoms with Crippen molar-refractivity contribution in [3.05, 3.63) is 41.0 Å². The number of halogens is 1. The zero-order valence-electron chi connectivity index (χ0n) is 19.1. The minimum Gasteiger partial charge on any atom is -0.481 e. The van der Waals surface area contributed by atoms with E-state index in [0.717, 1.165) is 17.8 Å². The number of carbonyl (C=O) groups excluding carboxylic acids is 2. The summed E-state index contributed by atoms with van der Waals surface area (Å²) in [4.78, 5) is 41.5. The van der Waals surface area contributed by atoms with Crippen molar-refractivity contribution >= 4 is 41.0 Å². The van der Waals surface area contributed by atoms with Crippen molar-refractivity contribution < 1.29 is 19.5 Å². The number of carboxylic acids is 1. The van der Waals surface area contributed by atoms with E-state index < -0.39 is 5.97 Å². The Labute approximate surface area is 203 Å². The Morgan fingerprint density at radius 2 is 1.79 bits per heavy atom. The first kappa shape index (κ1) is 24.0. The second kappa shape index (κ2) is 10.4. The molecule has 0 unspecified atom stereocenters. The van der Waals surface area contributed by atoms with Crippen LogP contribution in [0.4, 0.5) is 16.3 Å². The van der Waals surface area contributed by atoms with Crippen LogP contribution in [0.1, 0.15) is 25.3 Å². The third-order valence-electron chi connectivity index (χ3n) is 6.36. The monoisotopic (exact) mass is 488 g/mol. The molecule has 11 heteroatoms. The van der Waals surface area contributed by atoms with Gasteiger partial charge >= 0.3 is 12.0 Å². The molecule has 34 heavy (non-hydrogen) atoms. The number of nitrogens with zero attached hydrogens (tertiary/aromatic N) is 5. The first-order chi connectivity index (χ1) is 16.3. The highest BCUT2D eigenvalue weighted by molar-refractivity contribution is 6.30. The molecule has 10 nitrogen and oxygen atoms in total. The lowest BCUT2D eigenvalue weighted by Crippen LogP contribution is -2.49. The third kappa shape index (κ3) is 5.68. The van der Waals surface area contributed by atoms with Crippen LogP contribution in [0.5, 0.6) is 0 Å². The zero-order valence-corrected chi connectivity index (χ0v) is 19.9. The van der Waals surface area contributed by atoms with Gasteiger partial charge in [0.15, 0.2) is 5.82 Å². The third-order valence-corrected chi connectivity index (χ3v) is 6.59. The van der Waals surface area contributed by atoms with E-state index in [4.69, 9.17) is 11.6 Å². The maximum atomic E-state index is 12.8. The molecule has 2 aliphatic rings. The Bertz CT molecular complexity index is 1060. The molecule has 182 valence electrons. The van der Waals surface area contributed by atoms with Gasteiger partial charge in [0.1, 0.15) is 0 Å². The van der Waals surface area contributed by atoms with Crippen molar-refractivity contribution in [1.82, 2.24) is 19.6 Å². The van der Waals surface area contributed by atoms with Gasteiger partial charge in [-0.1, -0.05) is 17.7 Å². The summed E-state index contributed by atoms with van der Waals surface area (Å²) in [5.74, 6) is -0.894. The Hall–Kier alpha value is -3.11. The number of hydrogen-bond donors (Lipinski definition) is 2. The van der Waals surface area contributed by atoms with E-state index in [1.165, 1.54) is 11.6 Å². The number of piperazine rings is 1. The molecule has 2 fully saturated rings. The van der Waals surface area contributed by atoms with Crippen molar-refractivity contribution in [1.29, 1.82) is 0 Å². The standard InChI is InChI=1S/C23H29ClN6O4/c1-16(31)25-21-6-9-30(26-21)23(34)29-12-10-27(11-13-29)15-18-2-3-19(24)14-20(18)28-7-4-17(5-8-28)22(32)33/h2-3,6,9,14,17H,4-5,7-8,10-13,15H2,1H3,(H,32,33)(H,25,26,31). The van der Waals surface area contributed by atoms with Gasteiger partial charge in [0.05, 0.1) is 5.92 Å². The zero-order chi connectivity index (χ0) is 24.2. The maximum absolute atomic E-state index is 12.8. The van der Waals surface area contributed by atoms with Crippen LogP contribution in [-0.2, 0) is 16.1 Å². The van der Waals surface area contributed by atoms with E-state index in [1.54, 1.807) is 17.2 Å². The molecule has 2 aliphatic heterocycles. The number of nitrogens with one attached hydrogen (secondary N) is 1. The molecule has 2 amide bonds. The highest BCUT2D eigenvalue weighted by atomic mass is 35.5. The number of carbonyl (C=O) groups is 3. The number of benzene rings is 1. The summed E-state index contributed by atoms with van der Waals surface area (Å²) in [6.45, 7) is 6.07. The molecule has 4 rings (SSSR count). The van der Waals surface area contributed by atoms with Crippen LogP contribution in [0, 0.1) is 5.92 Å². The molecule has 3 heterocycles. The van der Waals surface area contributed by atoms with Crippen molar-refractivity contribution in [2.75, 3.05) is 49.5 Å². The smallest absolute Gasteiger partial charge is 0.344 e. The number of carboxylic acid groups (broad SMARTS) is 1. The van der Waals surface area contributed by atoms with Crippen molar-refractivity contribution in [2.45, 2.75) is 26.3 Å². The van der Waals surface area contributed by atoms with Gasteiger partial charge in [0.25, 0.3) is 0 Å². The Morgan fingerprint density at radius 1 is 1.09 bits per heavy atom. The van der Waals surface area contributed by atoms with Gasteiger partial charge in [-0.15, -0.1) is 5.10 Å². The molecular formula is C23H29ClN6O4. The molecule has 1 aromatic carbocycles. The maximum Gasteiger partial charge on any atom is 0.344 e. The number of aromatic nitrogens is 2. The highest BCUT2D eigenvalue weighted by Crippen LogP contribution is 2.30. The number of aliphatic carboxylic acids is 1. The molecule has 0 spiro atoms.